The maximum absolute atomic E-state index is 14.0. The number of aliphatic hydroxyl groups is 2. The van der Waals surface area contributed by atoms with Gasteiger partial charge in [-0.05, 0) is 68.9 Å². The molecule has 0 aromatic heterocycles. The number of benzene rings is 1. The molecule has 1 aromatic carbocycles. The Morgan fingerprint density at radius 2 is 1.96 bits per heavy atom. The number of thiol groups is 1. The quantitative estimate of drug-likeness (QED) is 0.236. The van der Waals surface area contributed by atoms with Crippen LogP contribution in [0.1, 0.15) is 72.3 Å². The lowest BCUT2D eigenvalue weighted by Crippen LogP contribution is -2.53. The molecule has 1 saturated heterocycles. The highest BCUT2D eigenvalue weighted by Gasteiger charge is 2.46. The second-order valence-corrected chi connectivity index (χ2v) is 15.2. The number of anilines is 1. The van der Waals surface area contributed by atoms with Crippen LogP contribution in [0.5, 0.6) is 5.75 Å². The zero-order chi connectivity index (χ0) is 37.6. The van der Waals surface area contributed by atoms with Crippen LogP contribution in [-0.2, 0) is 35.0 Å². The minimum Gasteiger partial charge on any atom is -0.495 e. The summed E-state index contributed by atoms with van der Waals surface area (Å²) in [4.78, 5) is 42.9. The zero-order valence-corrected chi connectivity index (χ0v) is 32.0. The van der Waals surface area contributed by atoms with E-state index < -0.39 is 59.9 Å². The Hall–Kier alpha value is -2.65. The predicted octanol–water partition coefficient (Wildman–Crippen LogP) is 4.17. The predicted molar refractivity (Wildman–Crippen MR) is 195 cm³/mol. The fraction of sp³-hybridized carbons (Fsp3) is 0.639. The molecule has 0 radical (unpaired) electrons. The molecule has 2 heterocycles. The third kappa shape index (κ3) is 10.7. The standard InChI is InChI=1S/C36H54ClN3O9S/c1-21-10-9-11-29-36(38,48-20-47-29)19-27(41)22(2)18-35(5,45)30(49-34(44)24(4)39(6)31(42)13-12-23(3)50)17-32(43)40(7)26-15-25(14-21)16-28(46-8)33(26)37/h9-11,15-16,22-24,27,29-30,41,45,50H,12-14,17-20,38H2,1-8H3/b11-9+,21-10+/t22?,23-,24-,27?,29?,30?,35?,36?/m1/s1. The van der Waals surface area contributed by atoms with E-state index in [0.29, 0.717) is 24.3 Å². The van der Waals surface area contributed by atoms with E-state index in [1.54, 1.807) is 25.1 Å². The van der Waals surface area contributed by atoms with Crippen molar-refractivity contribution in [3.8, 4) is 5.75 Å². The van der Waals surface area contributed by atoms with Crippen molar-refractivity contribution in [3.63, 3.8) is 0 Å². The number of likely N-dealkylation sites (N-methyl/N-ethyl adjacent to an activating group) is 1. The Labute approximate surface area is 306 Å². The Bertz CT molecular complexity index is 1440. The van der Waals surface area contributed by atoms with Crippen LogP contribution in [0.3, 0.4) is 0 Å². The normalized spacial score (nSPS) is 31.2. The number of rotatable bonds is 7. The molecule has 2 bridgehead atoms. The molecular formula is C36H54ClN3O9S. The highest BCUT2D eigenvalue weighted by molar-refractivity contribution is 7.80. The number of esters is 1. The summed E-state index contributed by atoms with van der Waals surface area (Å²) in [6, 6.07) is 2.55. The first-order valence-electron chi connectivity index (χ1n) is 16.9. The molecule has 280 valence electrons. The number of halogens is 1. The van der Waals surface area contributed by atoms with Crippen molar-refractivity contribution in [2.24, 2.45) is 11.7 Å². The van der Waals surface area contributed by atoms with E-state index in [1.165, 1.54) is 44.9 Å². The van der Waals surface area contributed by atoms with Crippen LogP contribution in [0.25, 0.3) is 0 Å². The second kappa shape index (κ2) is 17.7. The summed E-state index contributed by atoms with van der Waals surface area (Å²) in [5.74, 6) is -1.82. The molecule has 8 atom stereocenters. The first-order valence-corrected chi connectivity index (χ1v) is 17.7. The van der Waals surface area contributed by atoms with Gasteiger partial charge in [0.2, 0.25) is 11.8 Å². The maximum Gasteiger partial charge on any atom is 0.328 e. The molecule has 0 spiro atoms. The van der Waals surface area contributed by atoms with Crippen LogP contribution in [-0.4, -0.2) is 102 Å². The number of carbonyl (C=O) groups is 3. The largest absolute Gasteiger partial charge is 0.495 e. The van der Waals surface area contributed by atoms with E-state index in [2.05, 4.69) is 12.6 Å². The van der Waals surface area contributed by atoms with E-state index >= 15 is 0 Å². The number of fused-ring (bicyclic) bond motifs is 3. The van der Waals surface area contributed by atoms with Gasteiger partial charge in [0.1, 0.15) is 35.8 Å². The van der Waals surface area contributed by atoms with Crippen LogP contribution >= 0.6 is 24.2 Å². The van der Waals surface area contributed by atoms with E-state index in [9.17, 15) is 24.6 Å². The Kier molecular flexibility index (Phi) is 14.8. The van der Waals surface area contributed by atoms with Gasteiger partial charge in [0.05, 0.1) is 30.9 Å². The van der Waals surface area contributed by atoms with Gasteiger partial charge >= 0.3 is 5.97 Å². The third-order valence-corrected chi connectivity index (χ3v) is 10.2. The number of hydrogen-bond acceptors (Lipinski definition) is 11. The van der Waals surface area contributed by atoms with Gasteiger partial charge in [-0.1, -0.05) is 49.2 Å². The minimum atomic E-state index is -1.82. The zero-order valence-electron chi connectivity index (χ0n) is 30.3. The fourth-order valence-electron chi connectivity index (χ4n) is 6.06. The monoisotopic (exact) mass is 739 g/mol. The minimum absolute atomic E-state index is 0.000571. The van der Waals surface area contributed by atoms with Crippen molar-refractivity contribution < 1.29 is 43.5 Å². The van der Waals surface area contributed by atoms with Crippen molar-refractivity contribution in [3.05, 3.63) is 46.5 Å². The Morgan fingerprint density at radius 1 is 1.28 bits per heavy atom. The average molecular weight is 740 g/mol. The summed E-state index contributed by atoms with van der Waals surface area (Å²) in [5, 5.41) is 23.5. The second-order valence-electron chi connectivity index (χ2n) is 14.0. The number of ether oxygens (including phenoxy) is 4. The number of methoxy groups -OCH3 is 1. The lowest BCUT2D eigenvalue weighted by molar-refractivity contribution is -0.175. The summed E-state index contributed by atoms with van der Waals surface area (Å²) < 4.78 is 22.9. The van der Waals surface area contributed by atoms with Crippen LogP contribution in [0.2, 0.25) is 5.02 Å². The molecule has 4 N–H and O–H groups in total. The lowest BCUT2D eigenvalue weighted by Gasteiger charge is -2.38. The first kappa shape index (κ1) is 41.8. The van der Waals surface area contributed by atoms with E-state index in [4.69, 9.17) is 36.3 Å². The van der Waals surface area contributed by atoms with Crippen molar-refractivity contribution in [1.29, 1.82) is 0 Å². The summed E-state index contributed by atoms with van der Waals surface area (Å²) in [7, 11) is 4.52. The molecule has 0 aliphatic carbocycles. The maximum atomic E-state index is 14.0. The molecule has 1 aromatic rings. The van der Waals surface area contributed by atoms with Crippen molar-refractivity contribution in [2.75, 3.05) is 32.9 Å². The van der Waals surface area contributed by atoms with Gasteiger partial charge in [-0.2, -0.15) is 12.6 Å². The lowest BCUT2D eigenvalue weighted by atomic mass is 9.82. The fourth-order valence-corrected chi connectivity index (χ4v) is 6.50. The van der Waals surface area contributed by atoms with E-state index in [1.807, 2.05) is 26.0 Å². The summed E-state index contributed by atoms with van der Waals surface area (Å²) in [5.41, 5.74) is 5.59. The molecule has 3 rings (SSSR count). The molecular weight excluding hydrogens is 686 g/mol. The molecule has 2 aliphatic heterocycles. The summed E-state index contributed by atoms with van der Waals surface area (Å²) in [6.45, 7) is 8.45. The first-order chi connectivity index (χ1) is 23.3. The molecule has 6 unspecified atom stereocenters. The number of amides is 2. The van der Waals surface area contributed by atoms with Gasteiger partial charge < -0.3 is 44.7 Å². The SMILES string of the molecule is COc1cc2cc(c1Cl)N(C)C(=O)CC(OC(=O)[C@@H](C)N(C)C(=O)CC[C@@H](C)S)C(C)(O)CC(C)C(O)CC1(N)OCOC1/C=C/C=C(\C)C2. The van der Waals surface area contributed by atoms with Gasteiger partial charge in [0.15, 0.2) is 5.72 Å². The Morgan fingerprint density at radius 3 is 2.60 bits per heavy atom. The van der Waals surface area contributed by atoms with Crippen LogP contribution < -0.4 is 15.4 Å². The molecule has 0 saturated carbocycles. The third-order valence-electron chi connectivity index (χ3n) is 9.57. The van der Waals surface area contributed by atoms with Crippen molar-refractivity contribution >= 4 is 47.7 Å². The van der Waals surface area contributed by atoms with Gasteiger partial charge in [0.25, 0.3) is 0 Å². The molecule has 2 aliphatic rings. The topological polar surface area (TPSA) is 161 Å². The van der Waals surface area contributed by atoms with E-state index in [-0.39, 0.29) is 42.2 Å². The molecule has 14 heteroatoms. The molecule has 50 heavy (non-hydrogen) atoms. The van der Waals surface area contributed by atoms with Gasteiger partial charge in [0, 0.05) is 26.9 Å². The highest BCUT2D eigenvalue weighted by Crippen LogP contribution is 2.38. The number of allylic oxidation sites excluding steroid dienone is 3. The molecule has 12 nitrogen and oxygen atoms in total. The van der Waals surface area contributed by atoms with E-state index in [0.717, 1.165) is 11.1 Å². The average Bonchev–Trinajstić information content (AvgIpc) is 3.40. The highest BCUT2D eigenvalue weighted by atomic mass is 35.5. The van der Waals surface area contributed by atoms with Crippen molar-refractivity contribution in [1.82, 2.24) is 4.90 Å². The number of hydrogen-bond donors (Lipinski definition) is 4. The van der Waals surface area contributed by atoms with Gasteiger partial charge in [-0.3, -0.25) is 9.59 Å². The summed E-state index contributed by atoms with van der Waals surface area (Å²) in [6.07, 6.45) is 3.05. The van der Waals surface area contributed by atoms with Crippen LogP contribution in [0.15, 0.2) is 35.9 Å². The summed E-state index contributed by atoms with van der Waals surface area (Å²) >= 11 is 11.0. The van der Waals surface area contributed by atoms with Crippen LogP contribution in [0.4, 0.5) is 5.69 Å². The van der Waals surface area contributed by atoms with Gasteiger partial charge in [-0.25, -0.2) is 4.79 Å². The van der Waals surface area contributed by atoms with Crippen molar-refractivity contribution in [2.45, 2.75) is 114 Å². The Balaban J connectivity index is 2.04. The smallest absolute Gasteiger partial charge is 0.328 e. The number of nitrogens with two attached hydrogens (primary N) is 1. The number of aliphatic hydroxyl groups excluding tert-OH is 1. The van der Waals surface area contributed by atoms with Gasteiger partial charge in [-0.15, -0.1) is 0 Å². The van der Waals surface area contributed by atoms with Crippen LogP contribution in [0, 0.1) is 5.92 Å². The number of nitrogens with zero attached hydrogens (tertiary/aromatic N) is 2. The number of carbonyl (C=O) groups excluding carboxylic acids is 3. The molecule has 2 amide bonds. The molecule has 1 fully saturated rings.